The summed E-state index contributed by atoms with van der Waals surface area (Å²) < 4.78 is 1.73. The van der Waals surface area contributed by atoms with Crippen LogP contribution < -0.4 is 0 Å². The lowest BCUT2D eigenvalue weighted by atomic mass is 10.2. The minimum absolute atomic E-state index is 0.224. The van der Waals surface area contributed by atoms with Crippen molar-refractivity contribution in [3.05, 3.63) is 90.5 Å². The summed E-state index contributed by atoms with van der Waals surface area (Å²) >= 11 is 0. The van der Waals surface area contributed by atoms with Crippen LogP contribution in [-0.4, -0.2) is 26.2 Å². The Morgan fingerprint density at radius 3 is 1.69 bits per heavy atom. The summed E-state index contributed by atoms with van der Waals surface area (Å²) in [4.78, 5) is 0. The number of phenolic OH excluding ortho intramolecular Hbond substituents is 1. The molecule has 0 radical (unpaired) electrons. The van der Waals surface area contributed by atoms with Crippen molar-refractivity contribution in [2.75, 3.05) is 0 Å². The number of hydrogen-bond donors (Lipinski definition) is 1. The lowest BCUT2D eigenvalue weighted by Gasteiger charge is -2.05. The third-order valence-electron chi connectivity index (χ3n) is 3.92. The van der Waals surface area contributed by atoms with E-state index < -0.39 is 0 Å². The van der Waals surface area contributed by atoms with E-state index in [0.717, 1.165) is 16.7 Å². The van der Waals surface area contributed by atoms with Gasteiger partial charge in [-0.05, 0) is 29.8 Å². The predicted molar refractivity (Wildman–Crippen MR) is 102 cm³/mol. The molecule has 0 bridgehead atoms. The molecule has 0 amide bonds. The fraction of sp³-hybridized carbons (Fsp3) is 0. The molecule has 26 heavy (non-hydrogen) atoms. The molecule has 5 heteroatoms. The first-order chi connectivity index (χ1) is 12.8. The van der Waals surface area contributed by atoms with Crippen LogP contribution in [0.3, 0.4) is 0 Å². The van der Waals surface area contributed by atoms with Crippen LogP contribution in [0.25, 0.3) is 22.8 Å². The van der Waals surface area contributed by atoms with Gasteiger partial charge in [-0.3, -0.25) is 0 Å². The number of aromatic nitrogens is 3. The lowest BCUT2D eigenvalue weighted by Crippen LogP contribution is -1.97. The zero-order valence-electron chi connectivity index (χ0n) is 13.9. The topological polar surface area (TPSA) is 63.3 Å². The minimum Gasteiger partial charge on any atom is -0.508 e. The Kier molecular flexibility index (Phi) is 4.26. The molecule has 0 saturated heterocycles. The van der Waals surface area contributed by atoms with Crippen molar-refractivity contribution in [3.8, 4) is 28.5 Å². The molecule has 0 spiro atoms. The standard InChI is InChI=1S/C21H16N4O/c26-19-13-11-16(12-14-19)15-22-25-20(17-7-3-1-4-8-17)23-24-21(25)18-9-5-2-6-10-18/h1-15,26H. The first-order valence-corrected chi connectivity index (χ1v) is 8.21. The highest BCUT2D eigenvalue weighted by Crippen LogP contribution is 2.24. The Balaban J connectivity index is 1.81. The van der Waals surface area contributed by atoms with E-state index in [4.69, 9.17) is 0 Å². The summed E-state index contributed by atoms with van der Waals surface area (Å²) in [5, 5.41) is 22.7. The second-order valence-electron chi connectivity index (χ2n) is 5.73. The van der Waals surface area contributed by atoms with E-state index in [1.165, 1.54) is 0 Å². The summed E-state index contributed by atoms with van der Waals surface area (Å²) in [7, 11) is 0. The molecule has 0 aliphatic rings. The van der Waals surface area contributed by atoms with Gasteiger partial charge in [0.2, 0.25) is 0 Å². The zero-order chi connectivity index (χ0) is 17.8. The van der Waals surface area contributed by atoms with Gasteiger partial charge >= 0.3 is 0 Å². The van der Waals surface area contributed by atoms with Crippen molar-refractivity contribution in [1.82, 2.24) is 14.9 Å². The molecule has 4 aromatic rings. The van der Waals surface area contributed by atoms with Gasteiger partial charge in [0.25, 0.3) is 0 Å². The molecule has 1 heterocycles. The smallest absolute Gasteiger partial charge is 0.185 e. The number of nitrogens with zero attached hydrogens (tertiary/aromatic N) is 4. The Hall–Kier alpha value is -3.73. The van der Waals surface area contributed by atoms with Gasteiger partial charge in [0.05, 0.1) is 6.21 Å². The van der Waals surface area contributed by atoms with Gasteiger partial charge in [0, 0.05) is 11.1 Å². The number of aromatic hydroxyl groups is 1. The second kappa shape index (κ2) is 7.03. The molecule has 0 unspecified atom stereocenters. The number of hydrogen-bond acceptors (Lipinski definition) is 4. The molecule has 0 fully saturated rings. The quantitative estimate of drug-likeness (QED) is 0.566. The Bertz CT molecular complexity index is 966. The summed E-state index contributed by atoms with van der Waals surface area (Å²) in [6.07, 6.45) is 1.72. The highest BCUT2D eigenvalue weighted by Gasteiger charge is 2.14. The summed E-state index contributed by atoms with van der Waals surface area (Å²) in [5.41, 5.74) is 2.74. The van der Waals surface area contributed by atoms with Crippen molar-refractivity contribution < 1.29 is 5.11 Å². The van der Waals surface area contributed by atoms with Gasteiger partial charge in [-0.2, -0.15) is 9.78 Å². The van der Waals surface area contributed by atoms with E-state index in [9.17, 15) is 5.11 Å². The molecular weight excluding hydrogens is 324 g/mol. The molecule has 1 aromatic heterocycles. The SMILES string of the molecule is Oc1ccc(C=Nn2c(-c3ccccc3)nnc2-c2ccccc2)cc1. The first-order valence-electron chi connectivity index (χ1n) is 8.21. The van der Waals surface area contributed by atoms with Gasteiger partial charge < -0.3 is 5.11 Å². The summed E-state index contributed by atoms with van der Waals surface area (Å²) in [6.45, 7) is 0. The average Bonchev–Trinajstić information content (AvgIpc) is 3.13. The van der Waals surface area contributed by atoms with E-state index in [-0.39, 0.29) is 5.75 Å². The van der Waals surface area contributed by atoms with Gasteiger partial charge in [-0.25, -0.2) is 0 Å². The van der Waals surface area contributed by atoms with Crippen molar-refractivity contribution in [3.63, 3.8) is 0 Å². The zero-order valence-corrected chi connectivity index (χ0v) is 13.9. The minimum atomic E-state index is 0.224. The number of benzene rings is 3. The molecule has 0 saturated carbocycles. The van der Waals surface area contributed by atoms with Crippen LogP contribution in [0.4, 0.5) is 0 Å². The molecule has 0 aliphatic carbocycles. The second-order valence-corrected chi connectivity index (χ2v) is 5.73. The fourth-order valence-electron chi connectivity index (χ4n) is 2.61. The Morgan fingerprint density at radius 1 is 0.692 bits per heavy atom. The maximum Gasteiger partial charge on any atom is 0.185 e. The van der Waals surface area contributed by atoms with Gasteiger partial charge in [-0.15, -0.1) is 10.2 Å². The van der Waals surface area contributed by atoms with Crippen LogP contribution >= 0.6 is 0 Å². The first kappa shape index (κ1) is 15.8. The fourth-order valence-corrected chi connectivity index (χ4v) is 2.61. The van der Waals surface area contributed by atoms with Crippen LogP contribution in [-0.2, 0) is 0 Å². The molecule has 4 rings (SSSR count). The van der Waals surface area contributed by atoms with E-state index in [1.54, 1.807) is 35.2 Å². The molecule has 126 valence electrons. The summed E-state index contributed by atoms with van der Waals surface area (Å²) in [6, 6.07) is 26.5. The lowest BCUT2D eigenvalue weighted by molar-refractivity contribution is 0.475. The molecular formula is C21H16N4O. The van der Waals surface area contributed by atoms with Crippen molar-refractivity contribution in [2.24, 2.45) is 5.10 Å². The van der Waals surface area contributed by atoms with E-state index in [2.05, 4.69) is 15.3 Å². The van der Waals surface area contributed by atoms with E-state index >= 15 is 0 Å². The molecule has 5 nitrogen and oxygen atoms in total. The average molecular weight is 340 g/mol. The van der Waals surface area contributed by atoms with Crippen LogP contribution in [0.1, 0.15) is 5.56 Å². The van der Waals surface area contributed by atoms with Crippen molar-refractivity contribution in [1.29, 1.82) is 0 Å². The molecule has 1 N–H and O–H groups in total. The van der Waals surface area contributed by atoms with Crippen LogP contribution in [0.5, 0.6) is 5.75 Å². The maximum atomic E-state index is 9.42. The number of rotatable bonds is 4. The van der Waals surface area contributed by atoms with Gasteiger partial charge in [0.1, 0.15) is 5.75 Å². The van der Waals surface area contributed by atoms with Crippen LogP contribution in [0.2, 0.25) is 0 Å². The third-order valence-corrected chi connectivity index (χ3v) is 3.92. The van der Waals surface area contributed by atoms with Gasteiger partial charge in [-0.1, -0.05) is 60.7 Å². The maximum absolute atomic E-state index is 9.42. The van der Waals surface area contributed by atoms with E-state index in [0.29, 0.717) is 11.6 Å². The Labute approximate surface area is 150 Å². The Morgan fingerprint density at radius 2 is 1.19 bits per heavy atom. The normalized spacial score (nSPS) is 11.1. The third kappa shape index (κ3) is 3.23. The molecule has 3 aromatic carbocycles. The van der Waals surface area contributed by atoms with E-state index in [1.807, 2.05) is 60.7 Å². The monoisotopic (exact) mass is 340 g/mol. The molecule has 0 aliphatic heterocycles. The predicted octanol–water partition coefficient (Wildman–Crippen LogP) is 4.20. The summed E-state index contributed by atoms with van der Waals surface area (Å²) in [5.74, 6) is 1.56. The highest BCUT2D eigenvalue weighted by atomic mass is 16.3. The molecule has 0 atom stereocenters. The highest BCUT2D eigenvalue weighted by molar-refractivity contribution is 5.80. The van der Waals surface area contributed by atoms with Crippen molar-refractivity contribution in [2.45, 2.75) is 0 Å². The van der Waals surface area contributed by atoms with Crippen molar-refractivity contribution >= 4 is 6.21 Å². The largest absolute Gasteiger partial charge is 0.508 e. The van der Waals surface area contributed by atoms with Crippen LogP contribution in [0, 0.1) is 0 Å². The van der Waals surface area contributed by atoms with Gasteiger partial charge in [0.15, 0.2) is 11.6 Å². The number of phenols is 1. The van der Waals surface area contributed by atoms with Crippen LogP contribution in [0.15, 0.2) is 90.0 Å².